The zero-order valence-electron chi connectivity index (χ0n) is 22.2. The second-order valence-electron chi connectivity index (χ2n) is 11.0. The van der Waals surface area contributed by atoms with Crippen molar-refractivity contribution < 1.29 is 17.9 Å². The molecular weight excluding hydrogens is 507 g/mol. The zero-order chi connectivity index (χ0) is 27.2. The number of pyridine rings is 1. The first kappa shape index (κ1) is 26.6. The molecule has 2 N–H and O–H groups in total. The summed E-state index contributed by atoms with van der Waals surface area (Å²) in [5.41, 5.74) is 0.618. The summed E-state index contributed by atoms with van der Waals surface area (Å²) in [5, 5.41) is 14.7. The Labute approximate surface area is 223 Å². The van der Waals surface area contributed by atoms with E-state index < -0.39 is 22.1 Å². The average molecular weight is 543 g/mol. The van der Waals surface area contributed by atoms with Crippen LogP contribution in [-0.2, 0) is 9.84 Å². The molecule has 11 heteroatoms. The van der Waals surface area contributed by atoms with E-state index in [-0.39, 0.29) is 30.7 Å². The number of aliphatic hydroxyl groups excluding tert-OH is 1. The Morgan fingerprint density at radius 2 is 2.00 bits per heavy atom. The molecule has 9 nitrogen and oxygen atoms in total. The monoisotopic (exact) mass is 542 g/mol. The Kier molecular flexibility index (Phi) is 6.93. The third kappa shape index (κ3) is 5.26. The number of aliphatic hydroxyl groups is 1. The van der Waals surface area contributed by atoms with Crippen molar-refractivity contribution in [3.05, 3.63) is 42.2 Å². The van der Waals surface area contributed by atoms with E-state index in [1.165, 1.54) is 11.8 Å². The van der Waals surface area contributed by atoms with Gasteiger partial charge in [-0.3, -0.25) is 0 Å². The number of benzene rings is 1. The SMILES string of the molecule is CC(C)c1ccc(N2C[C@H](CS(C)(=O)=O)[C@H]2C)c2cnc(Nc3ccnc(N4CC[C@](F)(CO)C4)n3)cc12. The number of nitrogens with one attached hydrogen (secondary N) is 1. The van der Waals surface area contributed by atoms with Gasteiger partial charge >= 0.3 is 0 Å². The first-order valence-electron chi connectivity index (χ1n) is 13.0. The highest BCUT2D eigenvalue weighted by atomic mass is 32.2. The molecule has 38 heavy (non-hydrogen) atoms. The fourth-order valence-electron chi connectivity index (χ4n) is 5.49. The van der Waals surface area contributed by atoms with Crippen molar-refractivity contribution in [3.63, 3.8) is 0 Å². The standard InChI is InChI=1S/C27H35FN6O3S/c1-17(2)20-5-6-23(34-13-19(18(34)3)14-38(4,36)37)22-12-30-25(11-21(20)22)31-24-7-9-29-26(32-24)33-10-8-27(28,15-33)16-35/h5-7,9,11-12,17-19,35H,8,10,13-16H2,1-4H3,(H,29,30,31,32)/t18-,19-,27-/m1/s1. The van der Waals surface area contributed by atoms with Crippen LogP contribution in [0.1, 0.15) is 38.7 Å². The molecule has 0 unspecified atom stereocenters. The normalized spacial score (nSPS) is 23.8. The lowest BCUT2D eigenvalue weighted by Crippen LogP contribution is -2.57. The number of anilines is 4. The number of fused-ring (bicyclic) bond motifs is 1. The van der Waals surface area contributed by atoms with E-state index in [1.807, 2.05) is 12.3 Å². The van der Waals surface area contributed by atoms with Crippen LogP contribution in [-0.4, -0.2) is 78.4 Å². The Hall–Kier alpha value is -3.05. The van der Waals surface area contributed by atoms with Gasteiger partial charge in [0.2, 0.25) is 5.95 Å². The molecule has 5 rings (SSSR count). The molecule has 0 radical (unpaired) electrons. The fraction of sp³-hybridized carbons (Fsp3) is 0.519. The van der Waals surface area contributed by atoms with Crippen LogP contribution in [0.2, 0.25) is 0 Å². The van der Waals surface area contributed by atoms with Crippen LogP contribution in [0.25, 0.3) is 10.8 Å². The maximum Gasteiger partial charge on any atom is 0.227 e. The number of alkyl halides is 1. The molecule has 0 bridgehead atoms. The molecule has 3 aromatic rings. The number of sulfone groups is 1. The van der Waals surface area contributed by atoms with E-state index in [4.69, 9.17) is 0 Å². The van der Waals surface area contributed by atoms with Crippen molar-refractivity contribution in [3.8, 4) is 0 Å². The van der Waals surface area contributed by atoms with Crippen LogP contribution < -0.4 is 15.1 Å². The molecular formula is C27H35FN6O3S. The van der Waals surface area contributed by atoms with Crippen LogP contribution in [0.4, 0.5) is 27.7 Å². The molecule has 2 fully saturated rings. The smallest absolute Gasteiger partial charge is 0.227 e. The second kappa shape index (κ2) is 9.92. The zero-order valence-corrected chi connectivity index (χ0v) is 23.0. The van der Waals surface area contributed by atoms with Crippen LogP contribution in [0.5, 0.6) is 0 Å². The third-order valence-corrected chi connectivity index (χ3v) is 8.77. The highest BCUT2D eigenvalue weighted by Gasteiger charge is 2.39. The predicted molar refractivity (Wildman–Crippen MR) is 149 cm³/mol. The summed E-state index contributed by atoms with van der Waals surface area (Å²) in [6, 6.07) is 8.13. The summed E-state index contributed by atoms with van der Waals surface area (Å²) in [7, 11) is -3.02. The number of hydrogen-bond acceptors (Lipinski definition) is 9. The molecule has 1 aromatic carbocycles. The first-order chi connectivity index (χ1) is 18.0. The maximum atomic E-state index is 14.5. The summed E-state index contributed by atoms with van der Waals surface area (Å²) in [6.07, 6.45) is 5.01. The molecule has 0 aliphatic carbocycles. The van der Waals surface area contributed by atoms with Gasteiger partial charge in [0.25, 0.3) is 0 Å². The van der Waals surface area contributed by atoms with E-state index in [2.05, 4.69) is 58.1 Å². The molecule has 204 valence electrons. The highest BCUT2D eigenvalue weighted by Crippen LogP contribution is 2.39. The Bertz CT molecular complexity index is 1450. The Balaban J connectivity index is 1.41. The minimum atomic E-state index is -3.02. The van der Waals surface area contributed by atoms with Crippen molar-refractivity contribution in [1.82, 2.24) is 15.0 Å². The average Bonchev–Trinajstić information content (AvgIpc) is 3.28. The van der Waals surface area contributed by atoms with Gasteiger partial charge in [0, 0.05) is 61.2 Å². The minimum Gasteiger partial charge on any atom is -0.393 e. The van der Waals surface area contributed by atoms with Crippen molar-refractivity contribution in [1.29, 1.82) is 0 Å². The Morgan fingerprint density at radius 1 is 1.21 bits per heavy atom. The Morgan fingerprint density at radius 3 is 2.66 bits per heavy atom. The third-order valence-electron chi connectivity index (χ3n) is 7.73. The van der Waals surface area contributed by atoms with Crippen molar-refractivity contribution >= 4 is 43.9 Å². The van der Waals surface area contributed by atoms with E-state index >= 15 is 0 Å². The lowest BCUT2D eigenvalue weighted by atomic mass is 9.88. The summed E-state index contributed by atoms with van der Waals surface area (Å²) in [6.45, 7) is 7.06. The van der Waals surface area contributed by atoms with E-state index in [0.717, 1.165) is 16.5 Å². The van der Waals surface area contributed by atoms with Gasteiger partial charge in [-0.15, -0.1) is 0 Å². The van der Waals surface area contributed by atoms with Crippen molar-refractivity contribution in [2.45, 2.75) is 44.8 Å². The van der Waals surface area contributed by atoms with Gasteiger partial charge in [0.1, 0.15) is 21.5 Å². The van der Waals surface area contributed by atoms with Gasteiger partial charge in [0.15, 0.2) is 5.67 Å². The summed E-state index contributed by atoms with van der Waals surface area (Å²) in [4.78, 5) is 17.5. The quantitative estimate of drug-likeness (QED) is 0.440. The van der Waals surface area contributed by atoms with Crippen LogP contribution in [0.15, 0.2) is 36.7 Å². The fourth-order valence-corrected chi connectivity index (χ4v) is 6.65. The molecule has 0 amide bonds. The number of rotatable bonds is 8. The number of hydrogen-bond donors (Lipinski definition) is 2. The molecule has 2 aliphatic heterocycles. The van der Waals surface area contributed by atoms with Crippen molar-refractivity contribution in [2.24, 2.45) is 5.92 Å². The van der Waals surface area contributed by atoms with Gasteiger partial charge in [-0.2, -0.15) is 4.98 Å². The number of aromatic nitrogens is 3. The number of nitrogens with zero attached hydrogens (tertiary/aromatic N) is 5. The molecule has 3 atom stereocenters. The minimum absolute atomic E-state index is 0.0572. The lowest BCUT2D eigenvalue weighted by molar-refractivity contribution is 0.0909. The largest absolute Gasteiger partial charge is 0.393 e. The van der Waals surface area contributed by atoms with E-state index in [0.29, 0.717) is 36.6 Å². The van der Waals surface area contributed by atoms with Gasteiger partial charge in [0.05, 0.1) is 18.9 Å². The van der Waals surface area contributed by atoms with Gasteiger partial charge in [-0.1, -0.05) is 19.9 Å². The first-order valence-corrected chi connectivity index (χ1v) is 15.0. The van der Waals surface area contributed by atoms with Gasteiger partial charge < -0.3 is 20.2 Å². The van der Waals surface area contributed by atoms with Crippen molar-refractivity contribution in [2.75, 3.05) is 53.4 Å². The van der Waals surface area contributed by atoms with Gasteiger partial charge in [-0.05, 0) is 42.0 Å². The van der Waals surface area contributed by atoms with Crippen LogP contribution in [0, 0.1) is 5.92 Å². The predicted octanol–water partition coefficient (Wildman–Crippen LogP) is 3.67. The summed E-state index contributed by atoms with van der Waals surface area (Å²) in [5.74, 6) is 2.19. The molecule has 2 aliphatic rings. The number of halogens is 1. The maximum absolute atomic E-state index is 14.5. The van der Waals surface area contributed by atoms with Crippen LogP contribution in [0.3, 0.4) is 0 Å². The topological polar surface area (TPSA) is 112 Å². The lowest BCUT2D eigenvalue weighted by Gasteiger charge is -2.48. The van der Waals surface area contributed by atoms with Gasteiger partial charge in [-0.25, -0.2) is 22.8 Å². The summed E-state index contributed by atoms with van der Waals surface area (Å²) >= 11 is 0. The molecule has 2 saturated heterocycles. The molecule has 0 spiro atoms. The highest BCUT2D eigenvalue weighted by molar-refractivity contribution is 7.90. The van der Waals surface area contributed by atoms with E-state index in [9.17, 15) is 17.9 Å². The molecule has 4 heterocycles. The second-order valence-corrected chi connectivity index (χ2v) is 13.2. The van der Waals surface area contributed by atoms with Crippen LogP contribution >= 0.6 is 0 Å². The molecule has 2 aromatic heterocycles. The molecule has 0 saturated carbocycles. The summed E-state index contributed by atoms with van der Waals surface area (Å²) < 4.78 is 38.1. The van der Waals surface area contributed by atoms with E-state index in [1.54, 1.807) is 17.2 Å².